The summed E-state index contributed by atoms with van der Waals surface area (Å²) in [6.45, 7) is 4.13. The normalized spacial score (nSPS) is 15.4. The van der Waals surface area contributed by atoms with Crippen molar-refractivity contribution in [3.05, 3.63) is 77.9 Å². The Bertz CT molecular complexity index is 829. The Morgan fingerprint density at radius 3 is 2.42 bits per heavy atom. The number of nitrogens with one attached hydrogen (secondary N) is 1. The molecule has 0 bridgehead atoms. The molecule has 4 rings (SSSR count). The number of rotatable bonds is 4. The summed E-state index contributed by atoms with van der Waals surface area (Å²) in [7, 11) is 0. The fourth-order valence-electron chi connectivity index (χ4n) is 3.18. The van der Waals surface area contributed by atoms with Crippen molar-refractivity contribution in [1.29, 1.82) is 0 Å². The molecule has 3 aromatic rings. The molecule has 0 aromatic heterocycles. The van der Waals surface area contributed by atoms with E-state index < -0.39 is 0 Å². The van der Waals surface area contributed by atoms with Crippen molar-refractivity contribution in [3.63, 3.8) is 0 Å². The van der Waals surface area contributed by atoms with Gasteiger partial charge in [-0.1, -0.05) is 48.5 Å². The van der Waals surface area contributed by atoms with E-state index >= 15 is 0 Å². The SMILES string of the molecule is Cc1cccc(OC(c2ccc3ccccc3c2)C2CNC2)c1.Cl. The molecule has 1 aliphatic rings. The summed E-state index contributed by atoms with van der Waals surface area (Å²) >= 11 is 0. The molecule has 1 aliphatic heterocycles. The zero-order valence-electron chi connectivity index (χ0n) is 13.7. The van der Waals surface area contributed by atoms with Crippen LogP contribution >= 0.6 is 12.4 Å². The lowest BCUT2D eigenvalue weighted by molar-refractivity contribution is 0.0994. The van der Waals surface area contributed by atoms with E-state index in [1.165, 1.54) is 21.9 Å². The third kappa shape index (κ3) is 3.40. The van der Waals surface area contributed by atoms with Crippen molar-refractivity contribution < 1.29 is 4.74 Å². The van der Waals surface area contributed by atoms with Gasteiger partial charge in [0.15, 0.2) is 0 Å². The summed E-state index contributed by atoms with van der Waals surface area (Å²) in [5, 5.41) is 5.91. The maximum atomic E-state index is 6.39. The molecule has 0 saturated carbocycles. The zero-order chi connectivity index (χ0) is 15.6. The van der Waals surface area contributed by atoms with Crippen molar-refractivity contribution >= 4 is 23.2 Å². The number of hydrogen-bond donors (Lipinski definition) is 1. The minimum absolute atomic E-state index is 0. The molecule has 0 aliphatic carbocycles. The standard InChI is InChI=1S/C21H21NO.ClH/c1-15-5-4-8-20(11-15)23-21(19-13-22-14-19)18-10-9-16-6-2-3-7-17(16)12-18;/h2-12,19,21-22H,13-14H2,1H3;1H. The van der Waals surface area contributed by atoms with Gasteiger partial charge in [0, 0.05) is 19.0 Å². The van der Waals surface area contributed by atoms with Crippen LogP contribution in [0.15, 0.2) is 66.7 Å². The van der Waals surface area contributed by atoms with Crippen molar-refractivity contribution in [3.8, 4) is 5.75 Å². The second-order valence-electron chi connectivity index (χ2n) is 6.38. The van der Waals surface area contributed by atoms with Gasteiger partial charge in [0.25, 0.3) is 0 Å². The van der Waals surface area contributed by atoms with Gasteiger partial charge in [0.2, 0.25) is 0 Å². The molecule has 2 nitrogen and oxygen atoms in total. The van der Waals surface area contributed by atoms with Crippen LogP contribution in [0.2, 0.25) is 0 Å². The van der Waals surface area contributed by atoms with Crippen LogP contribution in [-0.2, 0) is 0 Å². The van der Waals surface area contributed by atoms with Crippen molar-refractivity contribution in [2.45, 2.75) is 13.0 Å². The molecule has 1 N–H and O–H groups in total. The van der Waals surface area contributed by atoms with E-state index in [9.17, 15) is 0 Å². The average Bonchev–Trinajstić information content (AvgIpc) is 2.52. The topological polar surface area (TPSA) is 21.3 Å². The molecule has 1 saturated heterocycles. The van der Waals surface area contributed by atoms with Gasteiger partial charge in [-0.25, -0.2) is 0 Å². The maximum Gasteiger partial charge on any atom is 0.129 e. The van der Waals surface area contributed by atoms with E-state index in [0.717, 1.165) is 18.8 Å². The molecule has 124 valence electrons. The van der Waals surface area contributed by atoms with E-state index in [1.807, 2.05) is 6.07 Å². The highest BCUT2D eigenvalue weighted by Crippen LogP contribution is 2.32. The first-order valence-electron chi connectivity index (χ1n) is 8.22. The maximum absolute atomic E-state index is 6.39. The van der Waals surface area contributed by atoms with Gasteiger partial charge in [0.1, 0.15) is 11.9 Å². The average molecular weight is 340 g/mol. The number of halogens is 1. The van der Waals surface area contributed by atoms with Gasteiger partial charge < -0.3 is 10.1 Å². The second-order valence-corrected chi connectivity index (χ2v) is 6.38. The minimum atomic E-state index is 0. The second kappa shape index (κ2) is 7.25. The third-order valence-electron chi connectivity index (χ3n) is 4.60. The Labute approximate surface area is 149 Å². The molecule has 1 atom stereocenters. The van der Waals surface area contributed by atoms with E-state index in [2.05, 4.69) is 72.9 Å². The van der Waals surface area contributed by atoms with E-state index in [0.29, 0.717) is 5.92 Å². The molecule has 1 heterocycles. The number of fused-ring (bicyclic) bond motifs is 1. The predicted molar refractivity (Wildman–Crippen MR) is 102 cm³/mol. The highest BCUT2D eigenvalue weighted by molar-refractivity contribution is 5.85. The summed E-state index contributed by atoms with van der Waals surface area (Å²) in [4.78, 5) is 0. The lowest BCUT2D eigenvalue weighted by atomic mass is 9.89. The number of ether oxygens (including phenoxy) is 1. The van der Waals surface area contributed by atoms with Crippen molar-refractivity contribution in [2.75, 3.05) is 13.1 Å². The van der Waals surface area contributed by atoms with Crippen molar-refractivity contribution in [2.24, 2.45) is 5.92 Å². The number of aryl methyl sites for hydroxylation is 1. The third-order valence-corrected chi connectivity index (χ3v) is 4.60. The van der Waals surface area contributed by atoms with Crippen LogP contribution in [0.1, 0.15) is 17.2 Å². The molecule has 1 unspecified atom stereocenters. The minimum Gasteiger partial charge on any atom is -0.485 e. The van der Waals surface area contributed by atoms with Gasteiger partial charge in [-0.05, 0) is 47.0 Å². The van der Waals surface area contributed by atoms with Gasteiger partial charge >= 0.3 is 0 Å². The summed E-state index contributed by atoms with van der Waals surface area (Å²) in [5.74, 6) is 1.48. The first kappa shape index (κ1) is 16.8. The van der Waals surface area contributed by atoms with Gasteiger partial charge in [0.05, 0.1) is 0 Å². The zero-order valence-corrected chi connectivity index (χ0v) is 14.6. The fourth-order valence-corrected chi connectivity index (χ4v) is 3.18. The molecular weight excluding hydrogens is 318 g/mol. The molecule has 3 heteroatoms. The quantitative estimate of drug-likeness (QED) is 0.729. The lowest BCUT2D eigenvalue weighted by Crippen LogP contribution is -2.46. The highest BCUT2D eigenvalue weighted by Gasteiger charge is 2.30. The molecule has 0 spiro atoms. The predicted octanol–water partition coefficient (Wildman–Crippen LogP) is 4.91. The number of hydrogen-bond acceptors (Lipinski definition) is 2. The first-order valence-corrected chi connectivity index (χ1v) is 8.22. The Morgan fingerprint density at radius 2 is 1.71 bits per heavy atom. The Balaban J connectivity index is 0.00000169. The van der Waals surface area contributed by atoms with Crippen molar-refractivity contribution in [1.82, 2.24) is 5.32 Å². The largest absolute Gasteiger partial charge is 0.485 e. The van der Waals surface area contributed by atoms with E-state index in [-0.39, 0.29) is 18.5 Å². The van der Waals surface area contributed by atoms with Gasteiger partial charge in [-0.15, -0.1) is 12.4 Å². The van der Waals surface area contributed by atoms with Crippen LogP contribution in [0.25, 0.3) is 10.8 Å². The molecule has 3 aromatic carbocycles. The first-order chi connectivity index (χ1) is 11.3. The molecule has 0 radical (unpaired) electrons. The number of benzene rings is 3. The fraction of sp³-hybridized carbons (Fsp3) is 0.238. The Hall–Kier alpha value is -2.03. The summed E-state index contributed by atoms with van der Waals surface area (Å²) < 4.78 is 6.39. The monoisotopic (exact) mass is 339 g/mol. The summed E-state index contributed by atoms with van der Waals surface area (Å²) in [5.41, 5.74) is 2.49. The van der Waals surface area contributed by atoms with Gasteiger partial charge in [-0.2, -0.15) is 0 Å². The molecular formula is C21H22ClNO. The van der Waals surface area contributed by atoms with Crippen LogP contribution in [0.3, 0.4) is 0 Å². The van der Waals surface area contributed by atoms with Gasteiger partial charge in [-0.3, -0.25) is 0 Å². The molecule has 0 amide bonds. The van der Waals surface area contributed by atoms with E-state index in [4.69, 9.17) is 4.74 Å². The summed E-state index contributed by atoms with van der Waals surface area (Å²) in [6.07, 6.45) is 0.0997. The molecule has 24 heavy (non-hydrogen) atoms. The Morgan fingerprint density at radius 1 is 0.917 bits per heavy atom. The Kier molecular flexibility index (Phi) is 5.08. The smallest absolute Gasteiger partial charge is 0.129 e. The van der Waals surface area contributed by atoms with Crippen LogP contribution in [0.4, 0.5) is 0 Å². The van der Waals surface area contributed by atoms with E-state index in [1.54, 1.807) is 0 Å². The molecule has 1 fully saturated rings. The van der Waals surface area contributed by atoms with Crippen LogP contribution in [0, 0.1) is 12.8 Å². The lowest BCUT2D eigenvalue weighted by Gasteiger charge is -2.35. The van der Waals surface area contributed by atoms with Crippen LogP contribution in [-0.4, -0.2) is 13.1 Å². The highest BCUT2D eigenvalue weighted by atomic mass is 35.5. The van der Waals surface area contributed by atoms with Crippen LogP contribution in [0.5, 0.6) is 5.75 Å². The summed E-state index contributed by atoms with van der Waals surface area (Å²) in [6, 6.07) is 23.5. The van der Waals surface area contributed by atoms with Crippen LogP contribution < -0.4 is 10.1 Å².